The summed E-state index contributed by atoms with van der Waals surface area (Å²) in [6, 6.07) is 1.01. The third-order valence-electron chi connectivity index (χ3n) is 1.60. The summed E-state index contributed by atoms with van der Waals surface area (Å²) in [4.78, 5) is 3.06. The highest BCUT2D eigenvalue weighted by Crippen LogP contribution is 2.25. The average Bonchev–Trinajstić information content (AvgIpc) is 2.15. The van der Waals surface area contributed by atoms with Gasteiger partial charge in [0, 0.05) is 22.2 Å². The van der Waals surface area contributed by atoms with Crippen LogP contribution in [0.25, 0.3) is 0 Å². The first-order valence-corrected chi connectivity index (χ1v) is 7.07. The smallest absolute Gasteiger partial charge is 0.254 e. The molecule has 0 aliphatic carbocycles. The van der Waals surface area contributed by atoms with Crippen molar-refractivity contribution in [1.29, 1.82) is 0 Å². The fourth-order valence-corrected chi connectivity index (χ4v) is 2.64. The van der Waals surface area contributed by atoms with Crippen LogP contribution in [-0.4, -0.2) is 13.4 Å². The first kappa shape index (κ1) is 12.8. The number of nitrogens with zero attached hydrogens (tertiary/aromatic N) is 1. The second kappa shape index (κ2) is 4.71. The SMILES string of the molecule is O=S(=O)(Cl)c1cnc(C(F)F)cc1CBr. The largest absolute Gasteiger partial charge is 0.280 e. The number of halogens is 4. The van der Waals surface area contributed by atoms with E-state index in [0.29, 0.717) is 0 Å². The van der Waals surface area contributed by atoms with Crippen LogP contribution in [0.5, 0.6) is 0 Å². The van der Waals surface area contributed by atoms with Gasteiger partial charge in [-0.2, -0.15) is 0 Å². The average molecular weight is 321 g/mol. The second-order valence-corrected chi connectivity index (χ2v) is 5.68. The van der Waals surface area contributed by atoms with Gasteiger partial charge >= 0.3 is 0 Å². The molecule has 1 aromatic rings. The van der Waals surface area contributed by atoms with Gasteiger partial charge in [-0.3, -0.25) is 4.98 Å². The van der Waals surface area contributed by atoms with E-state index >= 15 is 0 Å². The number of hydrogen-bond donors (Lipinski definition) is 0. The van der Waals surface area contributed by atoms with Crippen LogP contribution in [0.15, 0.2) is 17.2 Å². The molecule has 15 heavy (non-hydrogen) atoms. The molecule has 0 saturated carbocycles. The monoisotopic (exact) mass is 319 g/mol. The molecule has 84 valence electrons. The minimum Gasteiger partial charge on any atom is -0.254 e. The Labute approximate surface area is 98.0 Å². The number of hydrogen-bond acceptors (Lipinski definition) is 3. The van der Waals surface area contributed by atoms with Crippen LogP contribution in [0.3, 0.4) is 0 Å². The molecule has 0 spiro atoms. The van der Waals surface area contributed by atoms with Crippen molar-refractivity contribution >= 4 is 35.7 Å². The van der Waals surface area contributed by atoms with E-state index < -0.39 is 21.2 Å². The molecule has 0 radical (unpaired) electrons. The van der Waals surface area contributed by atoms with E-state index in [2.05, 4.69) is 20.9 Å². The molecule has 8 heteroatoms. The van der Waals surface area contributed by atoms with Gasteiger partial charge in [0.2, 0.25) is 0 Å². The van der Waals surface area contributed by atoms with Crippen LogP contribution in [0.4, 0.5) is 8.78 Å². The summed E-state index contributed by atoms with van der Waals surface area (Å²) in [6.45, 7) is 0. The van der Waals surface area contributed by atoms with Gasteiger partial charge in [-0.05, 0) is 11.6 Å². The molecular formula is C7H5BrClF2NO2S. The van der Waals surface area contributed by atoms with Crippen molar-refractivity contribution < 1.29 is 17.2 Å². The molecule has 1 rings (SSSR count). The highest BCUT2D eigenvalue weighted by atomic mass is 79.9. The van der Waals surface area contributed by atoms with E-state index in [1.54, 1.807) is 0 Å². The van der Waals surface area contributed by atoms with Crippen LogP contribution in [-0.2, 0) is 14.4 Å². The van der Waals surface area contributed by atoms with Crippen molar-refractivity contribution in [3.8, 4) is 0 Å². The lowest BCUT2D eigenvalue weighted by atomic mass is 10.2. The van der Waals surface area contributed by atoms with E-state index in [1.165, 1.54) is 0 Å². The summed E-state index contributed by atoms with van der Waals surface area (Å²) in [5.74, 6) is 0. The molecule has 0 atom stereocenters. The zero-order valence-electron chi connectivity index (χ0n) is 7.12. The fourth-order valence-electron chi connectivity index (χ4n) is 0.946. The summed E-state index contributed by atoms with van der Waals surface area (Å²) < 4.78 is 46.5. The Kier molecular flexibility index (Phi) is 4.02. The second-order valence-electron chi connectivity index (χ2n) is 2.59. The third kappa shape index (κ3) is 3.09. The molecule has 1 heterocycles. The Bertz CT molecular complexity index is 466. The highest BCUT2D eigenvalue weighted by Gasteiger charge is 2.18. The van der Waals surface area contributed by atoms with Crippen LogP contribution in [0, 0.1) is 0 Å². The number of rotatable bonds is 3. The lowest BCUT2D eigenvalue weighted by Gasteiger charge is -2.05. The van der Waals surface area contributed by atoms with E-state index in [1.807, 2.05) is 0 Å². The molecule has 0 aliphatic rings. The van der Waals surface area contributed by atoms with Gasteiger partial charge in [-0.25, -0.2) is 17.2 Å². The minimum atomic E-state index is -3.95. The topological polar surface area (TPSA) is 47.0 Å². The van der Waals surface area contributed by atoms with Gasteiger partial charge < -0.3 is 0 Å². The molecule has 0 N–H and O–H groups in total. The summed E-state index contributed by atoms with van der Waals surface area (Å²) in [5.41, 5.74) is -0.316. The quantitative estimate of drug-likeness (QED) is 0.635. The van der Waals surface area contributed by atoms with E-state index in [-0.39, 0.29) is 15.8 Å². The number of aromatic nitrogens is 1. The Hall–Kier alpha value is -0.270. The van der Waals surface area contributed by atoms with Gasteiger partial charge in [-0.15, -0.1) is 0 Å². The molecule has 1 aromatic heterocycles. The summed E-state index contributed by atoms with van der Waals surface area (Å²) in [5, 5.41) is 0.108. The molecule has 0 saturated heterocycles. The summed E-state index contributed by atoms with van der Waals surface area (Å²) in [7, 11) is 1.15. The molecule has 0 unspecified atom stereocenters. The standard InChI is InChI=1S/C7H5BrClF2NO2S/c8-2-4-1-5(7(10)11)12-3-6(4)15(9,13)14/h1,3,7H,2H2. The zero-order chi connectivity index (χ0) is 11.6. The van der Waals surface area contributed by atoms with Crippen molar-refractivity contribution in [2.75, 3.05) is 0 Å². The third-order valence-corrected chi connectivity index (χ3v) is 3.60. The molecule has 0 aromatic carbocycles. The molecular weight excluding hydrogens is 316 g/mol. The Balaban J connectivity index is 3.34. The van der Waals surface area contributed by atoms with Gasteiger partial charge in [0.15, 0.2) is 0 Å². The number of pyridine rings is 1. The number of alkyl halides is 3. The van der Waals surface area contributed by atoms with Gasteiger partial charge in [-0.1, -0.05) is 15.9 Å². The van der Waals surface area contributed by atoms with Crippen molar-refractivity contribution in [1.82, 2.24) is 4.98 Å². The van der Waals surface area contributed by atoms with Crippen molar-refractivity contribution in [3.05, 3.63) is 23.5 Å². The highest BCUT2D eigenvalue weighted by molar-refractivity contribution is 9.08. The summed E-state index contributed by atoms with van der Waals surface area (Å²) >= 11 is 2.99. The fraction of sp³-hybridized carbons (Fsp3) is 0.286. The van der Waals surface area contributed by atoms with Gasteiger partial charge in [0.1, 0.15) is 10.6 Å². The maximum Gasteiger partial charge on any atom is 0.280 e. The maximum absolute atomic E-state index is 12.3. The normalized spacial score (nSPS) is 12.1. The van der Waals surface area contributed by atoms with E-state index in [0.717, 1.165) is 12.3 Å². The van der Waals surface area contributed by atoms with Crippen molar-refractivity contribution in [2.24, 2.45) is 0 Å². The predicted molar refractivity (Wildman–Crippen MR) is 54.9 cm³/mol. The Morgan fingerprint density at radius 3 is 2.53 bits per heavy atom. The van der Waals surface area contributed by atoms with Crippen LogP contribution < -0.4 is 0 Å². The maximum atomic E-state index is 12.3. The molecule has 3 nitrogen and oxygen atoms in total. The van der Waals surface area contributed by atoms with Crippen LogP contribution in [0.1, 0.15) is 17.7 Å². The van der Waals surface area contributed by atoms with Crippen molar-refractivity contribution in [3.63, 3.8) is 0 Å². The predicted octanol–water partition coefficient (Wildman–Crippen LogP) is 2.84. The van der Waals surface area contributed by atoms with Gasteiger partial charge in [0.25, 0.3) is 15.5 Å². The molecule has 0 aliphatic heterocycles. The Morgan fingerprint density at radius 2 is 2.13 bits per heavy atom. The van der Waals surface area contributed by atoms with Crippen LogP contribution >= 0.6 is 26.6 Å². The molecule has 0 amide bonds. The first-order chi connectivity index (χ1) is 6.86. The van der Waals surface area contributed by atoms with E-state index in [9.17, 15) is 17.2 Å². The van der Waals surface area contributed by atoms with E-state index in [4.69, 9.17) is 10.7 Å². The lowest BCUT2D eigenvalue weighted by Crippen LogP contribution is -2.01. The van der Waals surface area contributed by atoms with Crippen LogP contribution in [0.2, 0.25) is 0 Å². The molecule has 0 bridgehead atoms. The minimum absolute atomic E-state index is 0.108. The van der Waals surface area contributed by atoms with Gasteiger partial charge in [0.05, 0.1) is 0 Å². The zero-order valence-corrected chi connectivity index (χ0v) is 10.3. The molecule has 0 fully saturated rings. The summed E-state index contributed by atoms with van der Waals surface area (Å²) in [6.07, 6.45) is -1.91. The lowest BCUT2D eigenvalue weighted by molar-refractivity contribution is 0.146. The Morgan fingerprint density at radius 1 is 1.53 bits per heavy atom. The van der Waals surface area contributed by atoms with Crippen molar-refractivity contribution in [2.45, 2.75) is 16.7 Å². The first-order valence-electron chi connectivity index (χ1n) is 3.64.